The second-order valence-electron chi connectivity index (χ2n) is 4.39. The first-order valence-corrected chi connectivity index (χ1v) is 6.53. The summed E-state index contributed by atoms with van der Waals surface area (Å²) in [7, 11) is 0. The van der Waals surface area contributed by atoms with Crippen LogP contribution in [-0.4, -0.2) is 30.4 Å². The summed E-state index contributed by atoms with van der Waals surface area (Å²) in [5, 5.41) is 2.87. The number of hydrogen-bond acceptors (Lipinski definition) is 3. The van der Waals surface area contributed by atoms with Gasteiger partial charge in [0, 0.05) is 11.4 Å². The van der Waals surface area contributed by atoms with Crippen molar-refractivity contribution in [1.29, 1.82) is 0 Å². The van der Waals surface area contributed by atoms with Crippen LogP contribution in [0.3, 0.4) is 0 Å². The number of unbranched alkanes of at least 4 members (excludes halogenated alkanes) is 1. The van der Waals surface area contributed by atoms with Gasteiger partial charge in [-0.15, -0.1) is 0 Å². The summed E-state index contributed by atoms with van der Waals surface area (Å²) in [4.78, 5) is 14.0. The number of nitrogens with two attached hydrogens (primary N) is 1. The lowest BCUT2D eigenvalue weighted by molar-refractivity contribution is -0.117. The molecule has 0 bridgehead atoms. The lowest BCUT2D eigenvalue weighted by atomic mass is 10.3. The second kappa shape index (κ2) is 7.71. The highest BCUT2D eigenvalue weighted by atomic mass is 16.2. The Morgan fingerprint density at radius 1 is 1.28 bits per heavy atom. The number of likely N-dealkylation sites (N-methyl/N-ethyl adjacent to an activating group) is 1. The average molecular weight is 249 g/mol. The third kappa shape index (κ3) is 5.19. The molecule has 0 aliphatic heterocycles. The number of carbonyl (C=O) groups is 1. The van der Waals surface area contributed by atoms with Crippen LogP contribution in [0.1, 0.15) is 26.7 Å². The minimum atomic E-state index is 0.0257. The quantitative estimate of drug-likeness (QED) is 0.729. The van der Waals surface area contributed by atoms with Crippen LogP contribution in [0.2, 0.25) is 0 Å². The molecule has 100 valence electrons. The predicted octanol–water partition coefficient (Wildman–Crippen LogP) is 2.33. The van der Waals surface area contributed by atoms with Crippen LogP contribution < -0.4 is 11.1 Å². The fourth-order valence-corrected chi connectivity index (χ4v) is 1.70. The Labute approximate surface area is 109 Å². The third-order valence-electron chi connectivity index (χ3n) is 2.84. The zero-order chi connectivity index (χ0) is 13.4. The van der Waals surface area contributed by atoms with E-state index in [-0.39, 0.29) is 5.91 Å². The van der Waals surface area contributed by atoms with E-state index < -0.39 is 0 Å². The van der Waals surface area contributed by atoms with E-state index in [9.17, 15) is 4.79 Å². The van der Waals surface area contributed by atoms with Crippen molar-refractivity contribution < 1.29 is 4.79 Å². The first-order chi connectivity index (χ1) is 8.65. The Morgan fingerprint density at radius 3 is 2.50 bits per heavy atom. The van der Waals surface area contributed by atoms with Gasteiger partial charge in [-0.05, 0) is 43.8 Å². The van der Waals surface area contributed by atoms with Gasteiger partial charge in [0.2, 0.25) is 5.91 Å². The first kappa shape index (κ1) is 14.5. The maximum absolute atomic E-state index is 11.8. The standard InChI is InChI=1S/C14H23N3O/c1-3-5-10-17(4-2)11-14(18)16-13-8-6-12(15)7-9-13/h6-9H,3-5,10-11,15H2,1-2H3,(H,16,18). The zero-order valence-electron chi connectivity index (χ0n) is 11.3. The SMILES string of the molecule is CCCCN(CC)CC(=O)Nc1ccc(N)cc1. The number of hydrogen-bond donors (Lipinski definition) is 2. The zero-order valence-corrected chi connectivity index (χ0v) is 11.3. The molecular formula is C14H23N3O. The Bertz CT molecular complexity index is 362. The highest BCUT2D eigenvalue weighted by Crippen LogP contribution is 2.10. The number of rotatable bonds is 7. The smallest absolute Gasteiger partial charge is 0.238 e. The average Bonchev–Trinajstić information content (AvgIpc) is 2.37. The van der Waals surface area contributed by atoms with Crippen LogP contribution in [0.15, 0.2) is 24.3 Å². The van der Waals surface area contributed by atoms with Gasteiger partial charge in [-0.2, -0.15) is 0 Å². The molecule has 1 aromatic rings. The molecule has 1 rings (SSSR count). The van der Waals surface area contributed by atoms with Gasteiger partial charge in [-0.1, -0.05) is 20.3 Å². The molecule has 0 aromatic heterocycles. The summed E-state index contributed by atoms with van der Waals surface area (Å²) in [5.74, 6) is 0.0257. The Balaban J connectivity index is 2.42. The van der Waals surface area contributed by atoms with Gasteiger partial charge in [-0.25, -0.2) is 0 Å². The molecule has 18 heavy (non-hydrogen) atoms. The predicted molar refractivity (Wildman–Crippen MR) is 76.5 cm³/mol. The van der Waals surface area contributed by atoms with Crippen LogP contribution in [0.4, 0.5) is 11.4 Å². The summed E-state index contributed by atoms with van der Waals surface area (Å²) in [6.45, 7) is 6.55. The molecule has 3 N–H and O–H groups in total. The van der Waals surface area contributed by atoms with Crippen molar-refractivity contribution in [1.82, 2.24) is 4.90 Å². The first-order valence-electron chi connectivity index (χ1n) is 6.53. The fourth-order valence-electron chi connectivity index (χ4n) is 1.70. The molecule has 0 radical (unpaired) electrons. The molecule has 0 aliphatic rings. The van der Waals surface area contributed by atoms with Crippen LogP contribution in [0, 0.1) is 0 Å². The van der Waals surface area contributed by atoms with E-state index in [0.29, 0.717) is 12.2 Å². The number of carbonyl (C=O) groups excluding carboxylic acids is 1. The van der Waals surface area contributed by atoms with Gasteiger partial charge >= 0.3 is 0 Å². The largest absolute Gasteiger partial charge is 0.399 e. The molecule has 4 heteroatoms. The van der Waals surface area contributed by atoms with E-state index in [4.69, 9.17) is 5.73 Å². The lowest BCUT2D eigenvalue weighted by Gasteiger charge is -2.19. The lowest BCUT2D eigenvalue weighted by Crippen LogP contribution is -2.33. The van der Waals surface area contributed by atoms with E-state index in [1.54, 1.807) is 12.1 Å². The molecule has 0 heterocycles. The summed E-state index contributed by atoms with van der Waals surface area (Å²) in [6, 6.07) is 7.19. The monoisotopic (exact) mass is 249 g/mol. The topological polar surface area (TPSA) is 58.4 Å². The van der Waals surface area contributed by atoms with Crippen molar-refractivity contribution in [3.63, 3.8) is 0 Å². The van der Waals surface area contributed by atoms with Gasteiger partial charge in [0.15, 0.2) is 0 Å². The van der Waals surface area contributed by atoms with Crippen LogP contribution in [0.5, 0.6) is 0 Å². The van der Waals surface area contributed by atoms with Crippen molar-refractivity contribution in [2.24, 2.45) is 0 Å². The Morgan fingerprint density at radius 2 is 1.94 bits per heavy atom. The summed E-state index contributed by atoms with van der Waals surface area (Å²) >= 11 is 0. The number of nitrogens with one attached hydrogen (secondary N) is 1. The number of benzene rings is 1. The second-order valence-corrected chi connectivity index (χ2v) is 4.39. The van der Waals surface area contributed by atoms with Crippen molar-refractivity contribution >= 4 is 17.3 Å². The molecule has 0 aliphatic carbocycles. The maximum atomic E-state index is 11.8. The third-order valence-corrected chi connectivity index (χ3v) is 2.84. The van der Waals surface area contributed by atoms with E-state index in [2.05, 4.69) is 24.1 Å². The molecular weight excluding hydrogens is 226 g/mol. The van der Waals surface area contributed by atoms with E-state index in [1.165, 1.54) is 0 Å². The molecule has 4 nitrogen and oxygen atoms in total. The summed E-state index contributed by atoms with van der Waals surface area (Å²) in [5.41, 5.74) is 7.09. The van der Waals surface area contributed by atoms with Crippen molar-refractivity contribution in [3.8, 4) is 0 Å². The van der Waals surface area contributed by atoms with E-state index >= 15 is 0 Å². The molecule has 1 aromatic carbocycles. The minimum Gasteiger partial charge on any atom is -0.399 e. The summed E-state index contributed by atoms with van der Waals surface area (Å²) in [6.07, 6.45) is 2.28. The normalized spacial score (nSPS) is 10.6. The van der Waals surface area contributed by atoms with Gasteiger partial charge in [0.25, 0.3) is 0 Å². The molecule has 0 unspecified atom stereocenters. The van der Waals surface area contributed by atoms with Crippen molar-refractivity contribution in [3.05, 3.63) is 24.3 Å². The van der Waals surface area contributed by atoms with Crippen molar-refractivity contribution in [2.75, 3.05) is 30.7 Å². The number of amides is 1. The molecule has 0 spiro atoms. The van der Waals surface area contributed by atoms with Crippen molar-refractivity contribution in [2.45, 2.75) is 26.7 Å². The van der Waals surface area contributed by atoms with E-state index in [0.717, 1.165) is 31.6 Å². The molecule has 0 fully saturated rings. The highest BCUT2D eigenvalue weighted by Gasteiger charge is 2.08. The van der Waals surface area contributed by atoms with Crippen LogP contribution >= 0.6 is 0 Å². The van der Waals surface area contributed by atoms with Crippen LogP contribution in [-0.2, 0) is 4.79 Å². The molecule has 1 amide bonds. The molecule has 0 atom stereocenters. The van der Waals surface area contributed by atoms with Crippen LogP contribution in [0.25, 0.3) is 0 Å². The number of nitrogen functional groups attached to an aromatic ring is 1. The molecule has 0 saturated carbocycles. The van der Waals surface area contributed by atoms with Gasteiger partial charge in [0.05, 0.1) is 6.54 Å². The Hall–Kier alpha value is -1.55. The Kier molecular flexibility index (Phi) is 6.22. The maximum Gasteiger partial charge on any atom is 0.238 e. The van der Waals surface area contributed by atoms with Gasteiger partial charge < -0.3 is 11.1 Å². The van der Waals surface area contributed by atoms with E-state index in [1.807, 2.05) is 12.1 Å². The molecule has 0 saturated heterocycles. The van der Waals surface area contributed by atoms with Gasteiger partial charge in [0.1, 0.15) is 0 Å². The van der Waals surface area contributed by atoms with Gasteiger partial charge in [-0.3, -0.25) is 9.69 Å². The fraction of sp³-hybridized carbons (Fsp3) is 0.500. The number of anilines is 2. The highest BCUT2D eigenvalue weighted by molar-refractivity contribution is 5.92. The number of nitrogens with zero attached hydrogens (tertiary/aromatic N) is 1. The summed E-state index contributed by atoms with van der Waals surface area (Å²) < 4.78 is 0. The minimum absolute atomic E-state index is 0.0257.